The number of carbonyl (C=O) groups is 2. The van der Waals surface area contributed by atoms with E-state index < -0.39 is 12.0 Å². The Bertz CT molecular complexity index is 331. The van der Waals surface area contributed by atoms with Gasteiger partial charge in [0.15, 0.2) is 0 Å². The first kappa shape index (κ1) is 15.8. The summed E-state index contributed by atoms with van der Waals surface area (Å²) in [4.78, 5) is 25.1. The van der Waals surface area contributed by atoms with Crippen molar-refractivity contribution in [3.63, 3.8) is 0 Å². The van der Waals surface area contributed by atoms with E-state index in [0.717, 1.165) is 19.3 Å². The molecule has 5 heteroatoms. The summed E-state index contributed by atoms with van der Waals surface area (Å²) in [6.45, 7) is 8.57. The molecular weight excluding hydrogens is 244 g/mol. The Morgan fingerprint density at radius 2 is 2.05 bits per heavy atom. The van der Waals surface area contributed by atoms with Crippen molar-refractivity contribution < 1.29 is 14.7 Å². The number of carboxylic acids is 1. The van der Waals surface area contributed by atoms with Crippen LogP contribution in [0.15, 0.2) is 0 Å². The summed E-state index contributed by atoms with van der Waals surface area (Å²) in [7, 11) is 0. The summed E-state index contributed by atoms with van der Waals surface area (Å²) in [6.07, 6.45) is 2.59. The number of nitrogens with one attached hydrogen (secondary N) is 1. The molecule has 2 amide bonds. The highest BCUT2D eigenvalue weighted by Gasteiger charge is 2.37. The van der Waals surface area contributed by atoms with Crippen molar-refractivity contribution in [3.8, 4) is 0 Å². The SMILES string of the molecule is CCC(NC(=O)N1CCCC(C)C1C(=O)O)C(C)C. The van der Waals surface area contributed by atoms with Crippen molar-refractivity contribution in [3.05, 3.63) is 0 Å². The summed E-state index contributed by atoms with van der Waals surface area (Å²) >= 11 is 0. The van der Waals surface area contributed by atoms with Gasteiger partial charge in [0.1, 0.15) is 6.04 Å². The van der Waals surface area contributed by atoms with Gasteiger partial charge in [-0.25, -0.2) is 9.59 Å². The smallest absolute Gasteiger partial charge is 0.326 e. The second-order valence-electron chi connectivity index (χ2n) is 5.80. The van der Waals surface area contributed by atoms with E-state index >= 15 is 0 Å². The summed E-state index contributed by atoms with van der Waals surface area (Å²) in [5.74, 6) is -0.546. The van der Waals surface area contributed by atoms with Crippen LogP contribution in [0.1, 0.15) is 47.0 Å². The standard InChI is InChI=1S/C14H26N2O3/c1-5-11(9(2)3)15-14(19)16-8-6-7-10(4)12(16)13(17)18/h9-12H,5-8H2,1-4H3,(H,15,19)(H,17,18). The molecule has 3 unspecified atom stereocenters. The van der Waals surface area contributed by atoms with Crippen molar-refractivity contribution in [1.29, 1.82) is 0 Å². The lowest BCUT2D eigenvalue weighted by atomic mass is 9.91. The highest BCUT2D eigenvalue weighted by Crippen LogP contribution is 2.23. The third-order valence-electron chi connectivity index (χ3n) is 4.00. The molecule has 2 N–H and O–H groups in total. The summed E-state index contributed by atoms with van der Waals surface area (Å²) < 4.78 is 0. The monoisotopic (exact) mass is 270 g/mol. The highest BCUT2D eigenvalue weighted by molar-refractivity contribution is 5.83. The molecule has 0 aromatic rings. The normalized spacial score (nSPS) is 25.2. The first-order chi connectivity index (χ1) is 8.88. The van der Waals surface area contributed by atoms with Gasteiger partial charge in [0.25, 0.3) is 0 Å². The number of rotatable bonds is 4. The zero-order valence-electron chi connectivity index (χ0n) is 12.3. The minimum absolute atomic E-state index is 0.0103. The van der Waals surface area contributed by atoms with Crippen molar-refractivity contribution in [2.75, 3.05) is 6.54 Å². The second-order valence-corrected chi connectivity index (χ2v) is 5.80. The highest BCUT2D eigenvalue weighted by atomic mass is 16.4. The van der Waals surface area contributed by atoms with E-state index in [1.165, 1.54) is 4.90 Å². The first-order valence-corrected chi connectivity index (χ1v) is 7.18. The molecule has 0 bridgehead atoms. The third kappa shape index (κ3) is 3.85. The van der Waals surface area contributed by atoms with E-state index in [-0.39, 0.29) is 18.0 Å². The Labute approximate surface area is 115 Å². The van der Waals surface area contributed by atoms with Gasteiger partial charge in [0, 0.05) is 12.6 Å². The van der Waals surface area contributed by atoms with Gasteiger partial charge < -0.3 is 15.3 Å². The van der Waals surface area contributed by atoms with E-state index in [1.807, 2.05) is 13.8 Å². The first-order valence-electron chi connectivity index (χ1n) is 7.18. The van der Waals surface area contributed by atoms with Gasteiger partial charge in [0.05, 0.1) is 0 Å². The number of carboxylic acid groups (broad SMARTS) is 1. The average Bonchev–Trinajstić information content (AvgIpc) is 2.34. The van der Waals surface area contributed by atoms with E-state index in [1.54, 1.807) is 0 Å². The zero-order valence-corrected chi connectivity index (χ0v) is 12.3. The maximum Gasteiger partial charge on any atom is 0.326 e. The lowest BCUT2D eigenvalue weighted by molar-refractivity contribution is -0.145. The molecular formula is C14H26N2O3. The van der Waals surface area contributed by atoms with Gasteiger partial charge in [-0.15, -0.1) is 0 Å². The lowest BCUT2D eigenvalue weighted by Gasteiger charge is -2.38. The molecule has 0 aromatic heterocycles. The molecule has 1 saturated heterocycles. The molecule has 1 aliphatic heterocycles. The number of urea groups is 1. The van der Waals surface area contributed by atoms with E-state index in [0.29, 0.717) is 12.5 Å². The van der Waals surface area contributed by atoms with Crippen molar-refractivity contribution in [2.24, 2.45) is 11.8 Å². The van der Waals surface area contributed by atoms with Gasteiger partial charge in [-0.2, -0.15) is 0 Å². The Balaban J connectivity index is 2.75. The number of carbonyl (C=O) groups excluding carboxylic acids is 1. The molecule has 1 aliphatic rings. The fraction of sp³-hybridized carbons (Fsp3) is 0.857. The molecule has 110 valence electrons. The fourth-order valence-corrected chi connectivity index (χ4v) is 2.77. The van der Waals surface area contributed by atoms with Gasteiger partial charge >= 0.3 is 12.0 Å². The van der Waals surface area contributed by atoms with Crippen molar-refractivity contribution >= 4 is 12.0 Å². The predicted octanol–water partition coefficient (Wildman–Crippen LogP) is 2.32. The number of likely N-dealkylation sites (tertiary alicyclic amines) is 1. The number of hydrogen-bond donors (Lipinski definition) is 2. The number of aliphatic carboxylic acids is 1. The Morgan fingerprint density at radius 1 is 1.42 bits per heavy atom. The third-order valence-corrected chi connectivity index (χ3v) is 4.00. The molecule has 0 aliphatic carbocycles. The zero-order chi connectivity index (χ0) is 14.6. The number of hydrogen-bond acceptors (Lipinski definition) is 2. The van der Waals surface area contributed by atoms with Crippen LogP contribution < -0.4 is 5.32 Å². The van der Waals surface area contributed by atoms with Crippen LogP contribution in [0.2, 0.25) is 0 Å². The van der Waals surface area contributed by atoms with Crippen LogP contribution in [-0.4, -0.2) is 40.6 Å². The van der Waals surface area contributed by atoms with Gasteiger partial charge in [0.2, 0.25) is 0 Å². The quantitative estimate of drug-likeness (QED) is 0.823. The molecule has 19 heavy (non-hydrogen) atoms. The Hall–Kier alpha value is -1.26. The van der Waals surface area contributed by atoms with Crippen LogP contribution in [0.5, 0.6) is 0 Å². The minimum Gasteiger partial charge on any atom is -0.480 e. The predicted molar refractivity (Wildman–Crippen MR) is 74.0 cm³/mol. The van der Waals surface area contributed by atoms with Gasteiger partial charge in [-0.3, -0.25) is 0 Å². The van der Waals surface area contributed by atoms with Crippen molar-refractivity contribution in [1.82, 2.24) is 10.2 Å². The summed E-state index contributed by atoms with van der Waals surface area (Å²) in [5.41, 5.74) is 0. The van der Waals surface area contributed by atoms with Crippen LogP contribution in [0.4, 0.5) is 4.79 Å². The number of amides is 2. The summed E-state index contributed by atoms with van der Waals surface area (Å²) in [5, 5.41) is 12.3. The maximum absolute atomic E-state index is 12.3. The lowest BCUT2D eigenvalue weighted by Crippen LogP contribution is -2.57. The molecule has 1 rings (SSSR count). The van der Waals surface area contributed by atoms with Gasteiger partial charge in [-0.1, -0.05) is 27.7 Å². The van der Waals surface area contributed by atoms with E-state index in [4.69, 9.17) is 0 Å². The topological polar surface area (TPSA) is 69.6 Å². The van der Waals surface area contributed by atoms with E-state index in [2.05, 4.69) is 19.2 Å². The van der Waals surface area contributed by atoms with Crippen LogP contribution >= 0.6 is 0 Å². The Kier molecular flexibility index (Phi) is 5.63. The second kappa shape index (κ2) is 6.78. The molecule has 5 nitrogen and oxygen atoms in total. The van der Waals surface area contributed by atoms with Gasteiger partial charge in [-0.05, 0) is 31.1 Å². The van der Waals surface area contributed by atoms with Crippen LogP contribution in [0.25, 0.3) is 0 Å². The van der Waals surface area contributed by atoms with Crippen LogP contribution in [-0.2, 0) is 4.79 Å². The molecule has 0 radical (unpaired) electrons. The molecule has 3 atom stereocenters. The Morgan fingerprint density at radius 3 is 2.53 bits per heavy atom. The minimum atomic E-state index is -0.903. The molecule has 0 aromatic carbocycles. The van der Waals surface area contributed by atoms with E-state index in [9.17, 15) is 14.7 Å². The molecule has 1 heterocycles. The molecule has 0 saturated carbocycles. The van der Waals surface area contributed by atoms with Crippen LogP contribution in [0, 0.1) is 11.8 Å². The average molecular weight is 270 g/mol. The fourth-order valence-electron chi connectivity index (χ4n) is 2.77. The molecule has 1 fully saturated rings. The van der Waals surface area contributed by atoms with Crippen molar-refractivity contribution in [2.45, 2.75) is 59.0 Å². The van der Waals surface area contributed by atoms with Crippen LogP contribution in [0.3, 0.4) is 0 Å². The number of nitrogens with zero attached hydrogens (tertiary/aromatic N) is 1. The maximum atomic E-state index is 12.3. The molecule has 0 spiro atoms. The summed E-state index contributed by atoms with van der Waals surface area (Å²) in [6, 6.07) is -0.836. The number of piperidine rings is 1. The largest absolute Gasteiger partial charge is 0.480 e.